The van der Waals surface area contributed by atoms with Crippen LogP contribution in [0, 0.1) is 17.2 Å². The van der Waals surface area contributed by atoms with E-state index in [1.807, 2.05) is 18.4 Å². The summed E-state index contributed by atoms with van der Waals surface area (Å²) in [7, 11) is 0. The van der Waals surface area contributed by atoms with Gasteiger partial charge in [-0.1, -0.05) is 25.6 Å². The molecule has 0 spiro atoms. The first kappa shape index (κ1) is 20.2. The molecule has 0 radical (unpaired) electrons. The van der Waals surface area contributed by atoms with Crippen molar-refractivity contribution in [1.82, 2.24) is 20.1 Å². The smallest absolute Gasteiger partial charge is 0.234 e. The Morgan fingerprint density at radius 2 is 2.08 bits per heavy atom. The lowest BCUT2D eigenvalue weighted by Gasteiger charge is -2.28. The van der Waals surface area contributed by atoms with Gasteiger partial charge in [-0.25, -0.2) is 0 Å². The maximum absolute atomic E-state index is 12.5. The number of amides is 2. The fourth-order valence-electron chi connectivity index (χ4n) is 2.33. The first-order valence-corrected chi connectivity index (χ1v) is 9.67. The van der Waals surface area contributed by atoms with Gasteiger partial charge < -0.3 is 15.6 Å². The van der Waals surface area contributed by atoms with E-state index in [0.29, 0.717) is 17.6 Å². The van der Waals surface area contributed by atoms with Crippen LogP contribution in [0.2, 0.25) is 0 Å². The quantitative estimate of drug-likeness (QED) is 0.628. The molecule has 26 heavy (non-hydrogen) atoms. The Balaban J connectivity index is 2.10. The lowest BCUT2D eigenvalue weighted by Crippen LogP contribution is -2.51. The van der Waals surface area contributed by atoms with E-state index in [9.17, 15) is 14.9 Å². The van der Waals surface area contributed by atoms with E-state index in [1.165, 1.54) is 11.8 Å². The molecule has 1 aliphatic carbocycles. The molecule has 0 aliphatic heterocycles. The lowest BCUT2D eigenvalue weighted by molar-refractivity contribution is -0.122. The predicted octanol–water partition coefficient (Wildman–Crippen LogP) is 1.57. The Morgan fingerprint density at radius 1 is 1.42 bits per heavy atom. The van der Waals surface area contributed by atoms with Gasteiger partial charge in [-0.3, -0.25) is 9.59 Å². The monoisotopic (exact) mass is 378 g/mol. The van der Waals surface area contributed by atoms with Gasteiger partial charge >= 0.3 is 0 Å². The van der Waals surface area contributed by atoms with Crippen LogP contribution in [-0.4, -0.2) is 37.4 Å². The summed E-state index contributed by atoms with van der Waals surface area (Å²) in [4.78, 5) is 23.7. The molecule has 1 aliphatic rings. The fourth-order valence-corrected chi connectivity index (χ4v) is 3.22. The zero-order chi connectivity index (χ0) is 19.5. The van der Waals surface area contributed by atoms with Crippen LogP contribution in [0.5, 0.6) is 0 Å². The average Bonchev–Trinajstić information content (AvgIpc) is 3.34. The number of nitrogens with one attached hydrogen (secondary N) is 1. The Morgan fingerprint density at radius 3 is 2.58 bits per heavy atom. The van der Waals surface area contributed by atoms with Gasteiger partial charge in [0.2, 0.25) is 11.8 Å². The first-order valence-electron chi connectivity index (χ1n) is 8.79. The highest BCUT2D eigenvalue weighted by Gasteiger charge is 2.34. The maximum atomic E-state index is 12.5. The van der Waals surface area contributed by atoms with E-state index >= 15 is 0 Å². The second-order valence-electron chi connectivity index (χ2n) is 7.20. The topological polar surface area (TPSA) is 127 Å². The number of nitrogens with two attached hydrogens (primary N) is 1. The molecular formula is C17H26N6O2S. The van der Waals surface area contributed by atoms with Crippen LogP contribution in [-0.2, 0) is 16.1 Å². The Labute approximate surface area is 157 Å². The fraction of sp³-hybridized carbons (Fsp3) is 0.706. The van der Waals surface area contributed by atoms with Crippen LogP contribution >= 0.6 is 11.8 Å². The van der Waals surface area contributed by atoms with E-state index < -0.39 is 10.8 Å². The number of aromatic nitrogens is 3. The summed E-state index contributed by atoms with van der Waals surface area (Å²) in [5.41, 5.74) is 4.34. The summed E-state index contributed by atoms with van der Waals surface area (Å²) in [5, 5.41) is 20.8. The van der Waals surface area contributed by atoms with Crippen LogP contribution in [0.25, 0.3) is 0 Å². The summed E-state index contributed by atoms with van der Waals surface area (Å²) in [6.07, 6.45) is 2.32. The number of thioether (sulfide) groups is 1. The molecule has 1 aromatic heterocycles. The van der Waals surface area contributed by atoms with Gasteiger partial charge in [0.1, 0.15) is 11.4 Å². The highest BCUT2D eigenvalue weighted by Crippen LogP contribution is 2.40. The molecule has 8 nitrogen and oxygen atoms in total. The summed E-state index contributed by atoms with van der Waals surface area (Å²) in [6.45, 7) is 7.68. The van der Waals surface area contributed by atoms with Gasteiger partial charge in [0, 0.05) is 18.9 Å². The molecule has 3 N–H and O–H groups in total. The minimum absolute atomic E-state index is 0.0191. The third-order valence-electron chi connectivity index (χ3n) is 4.69. The molecule has 0 saturated heterocycles. The standard InChI is InChI=1S/C17H26N6O2S/c1-10(2)17(4,9-18)20-15(25)11(3)26-16-22-21-14(12-5-6-12)23(16)8-7-13(19)24/h10-12H,5-8H2,1-4H3,(H2,19,24)(H,20,25)/t11-,17+/m1/s1. The third kappa shape index (κ3) is 4.75. The Bertz CT molecular complexity index is 721. The molecule has 2 rings (SSSR count). The van der Waals surface area contributed by atoms with E-state index in [-0.39, 0.29) is 24.2 Å². The van der Waals surface area contributed by atoms with Gasteiger partial charge in [-0.05, 0) is 32.6 Å². The van der Waals surface area contributed by atoms with E-state index in [1.54, 1.807) is 13.8 Å². The van der Waals surface area contributed by atoms with Crippen LogP contribution in [0.4, 0.5) is 0 Å². The van der Waals surface area contributed by atoms with Crippen molar-refractivity contribution in [2.45, 2.75) is 75.4 Å². The van der Waals surface area contributed by atoms with Gasteiger partial charge in [0.25, 0.3) is 0 Å². The zero-order valence-corrected chi connectivity index (χ0v) is 16.5. The Hall–Kier alpha value is -2.08. The van der Waals surface area contributed by atoms with Crippen molar-refractivity contribution >= 4 is 23.6 Å². The van der Waals surface area contributed by atoms with Crippen molar-refractivity contribution in [3.63, 3.8) is 0 Å². The van der Waals surface area contributed by atoms with Crippen LogP contribution < -0.4 is 11.1 Å². The molecule has 2 atom stereocenters. The normalized spacial score (nSPS) is 17.4. The minimum Gasteiger partial charge on any atom is -0.370 e. The molecule has 0 aromatic carbocycles. The molecule has 1 saturated carbocycles. The van der Waals surface area contributed by atoms with Gasteiger partial charge in [0.05, 0.1) is 11.3 Å². The minimum atomic E-state index is -0.926. The van der Waals surface area contributed by atoms with Gasteiger partial charge in [-0.15, -0.1) is 10.2 Å². The molecule has 142 valence electrons. The van der Waals surface area contributed by atoms with Gasteiger partial charge in [-0.2, -0.15) is 5.26 Å². The molecule has 1 heterocycles. The number of carbonyl (C=O) groups is 2. The average molecular weight is 379 g/mol. The maximum Gasteiger partial charge on any atom is 0.234 e. The summed E-state index contributed by atoms with van der Waals surface area (Å²) in [5.74, 6) is 0.588. The number of nitriles is 1. The highest BCUT2D eigenvalue weighted by atomic mass is 32.2. The summed E-state index contributed by atoms with van der Waals surface area (Å²) in [6, 6.07) is 2.17. The van der Waals surface area contributed by atoms with Crippen molar-refractivity contribution in [3.05, 3.63) is 5.82 Å². The molecule has 1 aromatic rings. The number of rotatable bonds is 9. The van der Waals surface area contributed by atoms with Crippen LogP contribution in [0.15, 0.2) is 5.16 Å². The van der Waals surface area contributed by atoms with E-state index in [2.05, 4.69) is 21.6 Å². The number of nitrogens with zero attached hydrogens (tertiary/aromatic N) is 4. The Kier molecular flexibility index (Phi) is 6.29. The molecule has 0 bridgehead atoms. The lowest BCUT2D eigenvalue weighted by atomic mass is 9.90. The van der Waals surface area contributed by atoms with Crippen molar-refractivity contribution in [2.24, 2.45) is 11.7 Å². The van der Waals surface area contributed by atoms with Crippen molar-refractivity contribution in [2.75, 3.05) is 0 Å². The molecule has 1 fully saturated rings. The van der Waals surface area contributed by atoms with E-state index in [0.717, 1.165) is 18.7 Å². The number of hydrogen-bond donors (Lipinski definition) is 2. The predicted molar refractivity (Wildman–Crippen MR) is 98.1 cm³/mol. The van der Waals surface area contributed by atoms with Crippen molar-refractivity contribution in [1.29, 1.82) is 5.26 Å². The number of primary amides is 1. The second-order valence-corrected chi connectivity index (χ2v) is 8.51. The van der Waals surface area contributed by atoms with Crippen molar-refractivity contribution in [3.8, 4) is 6.07 Å². The third-order valence-corrected chi connectivity index (χ3v) is 5.77. The molecular weight excluding hydrogens is 352 g/mol. The van der Waals surface area contributed by atoms with Crippen LogP contribution in [0.1, 0.15) is 58.7 Å². The largest absolute Gasteiger partial charge is 0.370 e. The van der Waals surface area contributed by atoms with Crippen LogP contribution in [0.3, 0.4) is 0 Å². The number of hydrogen-bond acceptors (Lipinski definition) is 6. The molecule has 2 amide bonds. The summed E-state index contributed by atoms with van der Waals surface area (Å²) < 4.78 is 1.89. The second kappa shape index (κ2) is 8.08. The molecule has 9 heteroatoms. The molecule has 0 unspecified atom stereocenters. The van der Waals surface area contributed by atoms with E-state index in [4.69, 9.17) is 5.73 Å². The summed E-state index contributed by atoms with van der Waals surface area (Å²) >= 11 is 1.27. The number of carbonyl (C=O) groups excluding carboxylic acids is 2. The van der Waals surface area contributed by atoms with Crippen molar-refractivity contribution < 1.29 is 9.59 Å². The zero-order valence-electron chi connectivity index (χ0n) is 15.7. The first-order chi connectivity index (χ1) is 12.2. The highest BCUT2D eigenvalue weighted by molar-refractivity contribution is 8.00. The van der Waals surface area contributed by atoms with Gasteiger partial charge in [0.15, 0.2) is 5.16 Å². The SMILES string of the molecule is CC(C)[C@](C)(C#N)NC(=O)[C@@H](C)Sc1nnc(C2CC2)n1CCC(N)=O.